The summed E-state index contributed by atoms with van der Waals surface area (Å²) in [7, 11) is 0. The molecule has 1 aliphatic rings. The molecular formula is C10H12ClNO. The first-order valence-electron chi connectivity index (χ1n) is 4.42. The Hall–Kier alpha value is -0.600. The second kappa shape index (κ2) is 3.64. The van der Waals surface area contributed by atoms with Gasteiger partial charge in [0.15, 0.2) is 0 Å². The average Bonchev–Trinajstić information content (AvgIpc) is 2.13. The van der Waals surface area contributed by atoms with Crippen LogP contribution in [0.1, 0.15) is 12.0 Å². The number of nitrogens with zero attached hydrogens (tertiary/aromatic N) is 1. The predicted molar refractivity (Wildman–Crippen MR) is 52.1 cm³/mol. The molecule has 0 aromatic carbocycles. The fraction of sp³-hybridized carbons (Fsp3) is 0.500. The van der Waals surface area contributed by atoms with Gasteiger partial charge in [-0.2, -0.15) is 0 Å². The molecule has 0 radical (unpaired) electrons. The quantitative estimate of drug-likeness (QED) is 0.692. The van der Waals surface area contributed by atoms with Gasteiger partial charge in [-0.15, -0.1) is 11.6 Å². The molecule has 3 heteroatoms. The van der Waals surface area contributed by atoms with E-state index in [1.807, 2.05) is 12.4 Å². The summed E-state index contributed by atoms with van der Waals surface area (Å²) in [6.07, 6.45) is 4.63. The molecule has 13 heavy (non-hydrogen) atoms. The van der Waals surface area contributed by atoms with Crippen molar-refractivity contribution < 1.29 is 4.74 Å². The summed E-state index contributed by atoms with van der Waals surface area (Å²) in [5.74, 6) is 0.686. The lowest BCUT2D eigenvalue weighted by Gasteiger charge is -2.41. The molecule has 0 atom stereocenters. The minimum absolute atomic E-state index is 0.171. The fourth-order valence-electron chi connectivity index (χ4n) is 1.69. The molecule has 2 heterocycles. The Morgan fingerprint density at radius 1 is 1.38 bits per heavy atom. The summed E-state index contributed by atoms with van der Waals surface area (Å²) in [6.45, 7) is 1.59. The van der Waals surface area contributed by atoms with Gasteiger partial charge in [0.05, 0.1) is 13.2 Å². The van der Waals surface area contributed by atoms with Gasteiger partial charge in [0.2, 0.25) is 0 Å². The zero-order valence-corrected chi connectivity index (χ0v) is 8.13. The normalized spacial score (nSPS) is 19.5. The van der Waals surface area contributed by atoms with Crippen molar-refractivity contribution in [1.82, 2.24) is 4.98 Å². The first-order valence-corrected chi connectivity index (χ1v) is 4.95. The molecule has 70 valence electrons. The lowest BCUT2D eigenvalue weighted by atomic mass is 9.77. The first kappa shape index (κ1) is 8.97. The zero-order valence-electron chi connectivity index (χ0n) is 7.37. The lowest BCUT2D eigenvalue weighted by molar-refractivity contribution is -0.0616. The van der Waals surface area contributed by atoms with E-state index < -0.39 is 0 Å². The molecule has 0 unspecified atom stereocenters. The molecule has 2 nitrogen and oxygen atoms in total. The number of aromatic nitrogens is 1. The second-order valence-corrected chi connectivity index (χ2v) is 3.83. The highest BCUT2D eigenvalue weighted by Gasteiger charge is 2.39. The molecule has 1 aromatic heterocycles. The molecule has 1 fully saturated rings. The standard InChI is InChI=1S/C10H12ClNO/c11-4-3-10(7-13-8-10)9-1-5-12-6-2-9/h1-2,5-6H,3-4,7-8H2. The number of ether oxygens (including phenoxy) is 1. The van der Waals surface area contributed by atoms with Crippen LogP contribution < -0.4 is 0 Å². The molecule has 2 rings (SSSR count). The summed E-state index contributed by atoms with van der Waals surface area (Å²) >= 11 is 5.78. The number of rotatable bonds is 3. The van der Waals surface area contributed by atoms with Crippen LogP contribution in [0.2, 0.25) is 0 Å². The minimum Gasteiger partial charge on any atom is -0.379 e. The third-order valence-electron chi connectivity index (χ3n) is 2.62. The van der Waals surface area contributed by atoms with Crippen molar-refractivity contribution in [3.63, 3.8) is 0 Å². The number of hydrogen-bond acceptors (Lipinski definition) is 2. The smallest absolute Gasteiger partial charge is 0.0586 e. The monoisotopic (exact) mass is 197 g/mol. The van der Waals surface area contributed by atoms with Gasteiger partial charge in [0.1, 0.15) is 0 Å². The van der Waals surface area contributed by atoms with Crippen molar-refractivity contribution in [1.29, 1.82) is 0 Å². The maximum Gasteiger partial charge on any atom is 0.0586 e. The van der Waals surface area contributed by atoms with E-state index >= 15 is 0 Å². The maximum atomic E-state index is 5.78. The van der Waals surface area contributed by atoms with Crippen LogP contribution in [0.25, 0.3) is 0 Å². The molecule has 0 bridgehead atoms. The van der Waals surface area contributed by atoms with E-state index in [1.165, 1.54) is 5.56 Å². The lowest BCUT2D eigenvalue weighted by Crippen LogP contribution is -2.47. The number of halogens is 1. The van der Waals surface area contributed by atoms with Gasteiger partial charge in [-0.3, -0.25) is 4.98 Å². The van der Waals surface area contributed by atoms with Crippen molar-refractivity contribution in [3.8, 4) is 0 Å². The third-order valence-corrected chi connectivity index (χ3v) is 2.81. The van der Waals surface area contributed by atoms with Crippen molar-refractivity contribution in [2.75, 3.05) is 19.1 Å². The number of hydrogen-bond donors (Lipinski definition) is 0. The van der Waals surface area contributed by atoms with Crippen molar-refractivity contribution in [3.05, 3.63) is 30.1 Å². The Balaban J connectivity index is 2.22. The summed E-state index contributed by atoms with van der Waals surface area (Å²) in [5.41, 5.74) is 1.47. The van der Waals surface area contributed by atoms with Gasteiger partial charge in [0.25, 0.3) is 0 Å². The van der Waals surface area contributed by atoms with Gasteiger partial charge in [0, 0.05) is 23.7 Å². The van der Waals surface area contributed by atoms with E-state index in [1.54, 1.807) is 0 Å². The molecule has 1 saturated heterocycles. The molecule has 1 aromatic rings. The zero-order chi connectivity index (χ0) is 9.15. The Labute approximate surface area is 82.9 Å². The van der Waals surface area contributed by atoms with Crippen LogP contribution in [0.5, 0.6) is 0 Å². The molecule has 0 saturated carbocycles. The molecule has 0 aliphatic carbocycles. The second-order valence-electron chi connectivity index (χ2n) is 3.45. The van der Waals surface area contributed by atoms with Gasteiger partial charge in [-0.05, 0) is 24.1 Å². The van der Waals surface area contributed by atoms with Crippen molar-refractivity contribution >= 4 is 11.6 Å². The first-order chi connectivity index (χ1) is 6.37. The highest BCUT2D eigenvalue weighted by atomic mass is 35.5. The summed E-state index contributed by atoms with van der Waals surface area (Å²) in [5, 5.41) is 0. The van der Waals surface area contributed by atoms with Crippen LogP contribution in [0.15, 0.2) is 24.5 Å². The molecule has 0 spiro atoms. The summed E-state index contributed by atoms with van der Waals surface area (Å²) < 4.78 is 5.27. The van der Waals surface area contributed by atoms with E-state index in [0.717, 1.165) is 19.6 Å². The van der Waals surface area contributed by atoms with Crippen LogP contribution >= 0.6 is 11.6 Å². The third kappa shape index (κ3) is 1.56. The Kier molecular flexibility index (Phi) is 2.51. The summed E-state index contributed by atoms with van der Waals surface area (Å²) in [4.78, 5) is 4.00. The largest absolute Gasteiger partial charge is 0.379 e. The van der Waals surface area contributed by atoms with Crippen LogP contribution in [0.4, 0.5) is 0 Å². The van der Waals surface area contributed by atoms with Gasteiger partial charge in [-0.1, -0.05) is 0 Å². The van der Waals surface area contributed by atoms with Crippen molar-refractivity contribution in [2.24, 2.45) is 0 Å². The highest BCUT2D eigenvalue weighted by Crippen LogP contribution is 2.35. The van der Waals surface area contributed by atoms with Crippen LogP contribution in [0.3, 0.4) is 0 Å². The highest BCUT2D eigenvalue weighted by molar-refractivity contribution is 6.17. The topological polar surface area (TPSA) is 22.1 Å². The Morgan fingerprint density at radius 3 is 2.54 bits per heavy atom. The summed E-state index contributed by atoms with van der Waals surface area (Å²) in [6, 6.07) is 4.10. The maximum absolute atomic E-state index is 5.78. The van der Waals surface area contributed by atoms with Crippen LogP contribution in [-0.2, 0) is 10.2 Å². The Morgan fingerprint density at radius 2 is 2.08 bits per heavy atom. The van der Waals surface area contributed by atoms with E-state index in [0.29, 0.717) is 5.88 Å². The Bertz CT molecular complexity index is 272. The molecule has 1 aliphatic heterocycles. The van der Waals surface area contributed by atoms with E-state index in [9.17, 15) is 0 Å². The number of pyridine rings is 1. The van der Waals surface area contributed by atoms with E-state index in [-0.39, 0.29) is 5.41 Å². The minimum atomic E-state index is 0.171. The predicted octanol–water partition coefficient (Wildman–Crippen LogP) is 1.98. The SMILES string of the molecule is ClCCC1(c2ccncc2)COC1. The van der Waals surface area contributed by atoms with Crippen molar-refractivity contribution in [2.45, 2.75) is 11.8 Å². The van der Waals surface area contributed by atoms with E-state index in [4.69, 9.17) is 16.3 Å². The fourth-order valence-corrected chi connectivity index (χ4v) is 2.05. The molecule has 0 N–H and O–H groups in total. The van der Waals surface area contributed by atoms with Crippen LogP contribution in [0, 0.1) is 0 Å². The van der Waals surface area contributed by atoms with Gasteiger partial charge >= 0.3 is 0 Å². The molecular weight excluding hydrogens is 186 g/mol. The van der Waals surface area contributed by atoms with Gasteiger partial charge < -0.3 is 4.74 Å². The van der Waals surface area contributed by atoms with Gasteiger partial charge in [-0.25, -0.2) is 0 Å². The number of alkyl halides is 1. The van der Waals surface area contributed by atoms with Crippen LogP contribution in [-0.4, -0.2) is 24.1 Å². The average molecular weight is 198 g/mol. The molecule has 0 amide bonds. The van der Waals surface area contributed by atoms with E-state index in [2.05, 4.69) is 17.1 Å².